The number of nitrogens with zero attached hydrogens (tertiary/aromatic N) is 2. The molecule has 0 unspecified atom stereocenters. The highest BCUT2D eigenvalue weighted by Gasteiger charge is 2.13. The van der Waals surface area contributed by atoms with E-state index in [-0.39, 0.29) is 11.6 Å². The number of furan rings is 1. The predicted octanol–water partition coefficient (Wildman–Crippen LogP) is 4.69. The Morgan fingerprint density at radius 1 is 1.27 bits per heavy atom. The smallest absolute Gasteiger partial charge is 0.315 e. The molecule has 2 heterocycles. The first-order valence-electron chi connectivity index (χ1n) is 8.01. The summed E-state index contributed by atoms with van der Waals surface area (Å²) in [6.07, 6.45) is 2.02. The molecule has 0 spiro atoms. The van der Waals surface area contributed by atoms with Crippen molar-refractivity contribution >= 4 is 50.2 Å². The topological polar surface area (TPSA) is 47.5 Å². The first kappa shape index (κ1) is 17.1. The quantitative estimate of drug-likeness (QED) is 0.511. The number of para-hydroxylation sites is 1. The number of rotatable bonds is 4. The van der Waals surface area contributed by atoms with E-state index in [4.69, 9.17) is 4.42 Å². The van der Waals surface area contributed by atoms with Crippen molar-refractivity contribution in [3.05, 3.63) is 64.9 Å². The van der Waals surface area contributed by atoms with E-state index in [9.17, 15) is 9.18 Å². The highest BCUT2D eigenvalue weighted by molar-refractivity contribution is 7.98. The molecule has 0 saturated heterocycles. The average Bonchev–Trinajstić information content (AvgIpc) is 3.20. The van der Waals surface area contributed by atoms with Gasteiger partial charge in [-0.05, 0) is 36.6 Å². The fraction of sp³-hybridized carbons (Fsp3) is 0.158. The Hall–Kier alpha value is -2.38. The van der Waals surface area contributed by atoms with Crippen LogP contribution in [-0.2, 0) is 6.54 Å². The van der Waals surface area contributed by atoms with Crippen molar-refractivity contribution < 1.29 is 13.6 Å². The molecule has 0 aliphatic heterocycles. The van der Waals surface area contributed by atoms with Gasteiger partial charge in [-0.1, -0.05) is 29.5 Å². The summed E-state index contributed by atoms with van der Waals surface area (Å²) in [6.45, 7) is 0.693. The standard InChI is InChI=1S/C19H15FN2O2S2/c1-25-9-8-22-14-7-6-13(20)11-17(14)26-19(22)21-18(23)16-10-12-4-2-3-5-15(12)24-16/h2-7,10-11H,8-9H2,1H3. The molecule has 0 N–H and O–H groups in total. The van der Waals surface area contributed by atoms with Crippen LogP contribution in [0.5, 0.6) is 0 Å². The third-order valence-electron chi connectivity index (χ3n) is 4.00. The number of hydrogen-bond acceptors (Lipinski definition) is 4. The Labute approximate surface area is 157 Å². The number of halogens is 1. The molecule has 7 heteroatoms. The van der Waals surface area contributed by atoms with E-state index in [1.165, 1.54) is 23.5 Å². The fourth-order valence-corrected chi connectivity index (χ4v) is 4.20. The van der Waals surface area contributed by atoms with Crippen molar-refractivity contribution in [2.24, 2.45) is 4.99 Å². The van der Waals surface area contributed by atoms with Gasteiger partial charge in [-0.25, -0.2) is 4.39 Å². The molecule has 0 aliphatic rings. The summed E-state index contributed by atoms with van der Waals surface area (Å²) in [6, 6.07) is 13.8. The molecule has 0 radical (unpaired) electrons. The van der Waals surface area contributed by atoms with Crippen LogP contribution in [0.4, 0.5) is 4.39 Å². The van der Waals surface area contributed by atoms with Gasteiger partial charge >= 0.3 is 5.91 Å². The lowest BCUT2D eigenvalue weighted by molar-refractivity contribution is 0.0973. The summed E-state index contributed by atoms with van der Waals surface area (Å²) in [5.41, 5.74) is 1.53. The molecule has 2 aromatic carbocycles. The van der Waals surface area contributed by atoms with Gasteiger partial charge in [0.15, 0.2) is 10.6 Å². The van der Waals surface area contributed by atoms with Crippen molar-refractivity contribution in [3.8, 4) is 0 Å². The van der Waals surface area contributed by atoms with E-state index >= 15 is 0 Å². The molecular formula is C19H15FN2O2S2. The molecule has 132 valence electrons. The van der Waals surface area contributed by atoms with Crippen LogP contribution in [0.1, 0.15) is 10.6 Å². The van der Waals surface area contributed by atoms with Crippen LogP contribution in [0.2, 0.25) is 0 Å². The predicted molar refractivity (Wildman–Crippen MR) is 104 cm³/mol. The first-order chi connectivity index (χ1) is 12.7. The van der Waals surface area contributed by atoms with Gasteiger partial charge in [-0.3, -0.25) is 4.79 Å². The second kappa shape index (κ2) is 7.09. The molecule has 1 amide bonds. The minimum Gasteiger partial charge on any atom is -0.451 e. The van der Waals surface area contributed by atoms with Crippen LogP contribution in [0.25, 0.3) is 21.2 Å². The fourth-order valence-electron chi connectivity index (χ4n) is 2.76. The maximum atomic E-state index is 13.6. The Balaban J connectivity index is 1.81. The molecule has 26 heavy (non-hydrogen) atoms. The monoisotopic (exact) mass is 386 g/mol. The van der Waals surface area contributed by atoms with Crippen molar-refractivity contribution in [3.63, 3.8) is 0 Å². The molecule has 0 aliphatic carbocycles. The van der Waals surface area contributed by atoms with Crippen LogP contribution in [0.3, 0.4) is 0 Å². The van der Waals surface area contributed by atoms with Gasteiger partial charge in [0.2, 0.25) is 0 Å². The molecule has 0 saturated carbocycles. The zero-order valence-electron chi connectivity index (χ0n) is 13.9. The molecule has 0 atom stereocenters. The van der Waals surface area contributed by atoms with E-state index in [0.29, 0.717) is 16.9 Å². The summed E-state index contributed by atoms with van der Waals surface area (Å²) in [4.78, 5) is 17.4. The summed E-state index contributed by atoms with van der Waals surface area (Å²) in [5.74, 6) is 0.332. The zero-order valence-corrected chi connectivity index (χ0v) is 15.6. The largest absolute Gasteiger partial charge is 0.451 e. The Kier molecular flexibility index (Phi) is 4.65. The summed E-state index contributed by atoms with van der Waals surface area (Å²) < 4.78 is 21.9. The molecule has 0 bridgehead atoms. The molecule has 2 aromatic heterocycles. The van der Waals surface area contributed by atoms with Crippen molar-refractivity contribution in [2.45, 2.75) is 6.54 Å². The van der Waals surface area contributed by atoms with Gasteiger partial charge in [0.1, 0.15) is 11.4 Å². The molecule has 0 fully saturated rings. The number of aromatic nitrogens is 1. The Bertz CT molecular complexity index is 1140. The number of benzene rings is 2. The van der Waals surface area contributed by atoms with E-state index in [0.717, 1.165) is 21.4 Å². The van der Waals surface area contributed by atoms with Crippen LogP contribution < -0.4 is 4.80 Å². The number of hydrogen-bond donors (Lipinski definition) is 0. The number of aryl methyl sites for hydroxylation is 1. The second-order valence-electron chi connectivity index (χ2n) is 5.71. The highest BCUT2D eigenvalue weighted by atomic mass is 32.2. The minimum absolute atomic E-state index is 0.200. The van der Waals surface area contributed by atoms with Gasteiger partial charge in [-0.15, -0.1) is 0 Å². The lowest BCUT2D eigenvalue weighted by Gasteiger charge is -2.03. The Morgan fingerprint density at radius 3 is 2.92 bits per heavy atom. The molecule has 4 nitrogen and oxygen atoms in total. The maximum absolute atomic E-state index is 13.6. The van der Waals surface area contributed by atoms with Crippen LogP contribution in [0.15, 0.2) is 57.9 Å². The third kappa shape index (κ3) is 3.20. The van der Waals surface area contributed by atoms with E-state index in [1.807, 2.05) is 35.1 Å². The third-order valence-corrected chi connectivity index (χ3v) is 5.63. The zero-order chi connectivity index (χ0) is 18.1. The SMILES string of the molecule is CSCCn1c(=NC(=O)c2cc3ccccc3o2)sc2cc(F)ccc21. The molecule has 4 aromatic rings. The number of thiazole rings is 1. The van der Waals surface area contributed by atoms with Crippen molar-refractivity contribution in [2.75, 3.05) is 12.0 Å². The van der Waals surface area contributed by atoms with Gasteiger partial charge in [0.05, 0.1) is 10.2 Å². The van der Waals surface area contributed by atoms with Crippen molar-refractivity contribution in [1.82, 2.24) is 4.57 Å². The minimum atomic E-state index is -0.439. The molecule has 4 rings (SSSR count). The lowest BCUT2D eigenvalue weighted by atomic mass is 10.2. The number of fused-ring (bicyclic) bond motifs is 2. The first-order valence-corrected chi connectivity index (χ1v) is 10.2. The lowest BCUT2D eigenvalue weighted by Crippen LogP contribution is -2.18. The van der Waals surface area contributed by atoms with Crippen LogP contribution in [-0.4, -0.2) is 22.5 Å². The highest BCUT2D eigenvalue weighted by Crippen LogP contribution is 2.21. The van der Waals surface area contributed by atoms with E-state index in [1.54, 1.807) is 23.9 Å². The number of amides is 1. The summed E-state index contributed by atoms with van der Waals surface area (Å²) >= 11 is 3.01. The normalized spacial score (nSPS) is 12.3. The van der Waals surface area contributed by atoms with Gasteiger partial charge < -0.3 is 8.98 Å². The summed E-state index contributed by atoms with van der Waals surface area (Å²) in [7, 11) is 0. The summed E-state index contributed by atoms with van der Waals surface area (Å²) in [5, 5.41) is 0.861. The maximum Gasteiger partial charge on any atom is 0.315 e. The van der Waals surface area contributed by atoms with Gasteiger partial charge in [0.25, 0.3) is 0 Å². The Morgan fingerprint density at radius 2 is 2.12 bits per heavy atom. The van der Waals surface area contributed by atoms with E-state index < -0.39 is 5.91 Å². The number of thioether (sulfide) groups is 1. The van der Waals surface area contributed by atoms with Crippen LogP contribution in [0, 0.1) is 5.82 Å². The number of carbonyl (C=O) groups is 1. The molecular weight excluding hydrogens is 371 g/mol. The second-order valence-corrected chi connectivity index (χ2v) is 7.70. The van der Waals surface area contributed by atoms with Gasteiger partial charge in [-0.2, -0.15) is 16.8 Å². The van der Waals surface area contributed by atoms with Gasteiger partial charge in [0, 0.05) is 17.7 Å². The van der Waals surface area contributed by atoms with Crippen molar-refractivity contribution in [1.29, 1.82) is 0 Å². The van der Waals surface area contributed by atoms with Crippen LogP contribution >= 0.6 is 23.1 Å². The average molecular weight is 386 g/mol. The number of carbonyl (C=O) groups excluding carboxylic acids is 1. The van der Waals surface area contributed by atoms with E-state index in [2.05, 4.69) is 4.99 Å².